The number of thiophene rings is 1. The maximum Gasteiger partial charge on any atom is 0.0977 e. The summed E-state index contributed by atoms with van der Waals surface area (Å²) in [6.45, 7) is 0.641. The normalized spacial score (nSPS) is 10.5. The number of nitrogens with two attached hydrogens (primary N) is 1. The average molecular weight is 210 g/mol. The van der Waals surface area contributed by atoms with Crippen LogP contribution in [0.3, 0.4) is 0 Å². The van der Waals surface area contributed by atoms with E-state index in [-0.39, 0.29) is 0 Å². The predicted octanol–water partition coefficient (Wildman–Crippen LogP) is 2.25. The smallest absolute Gasteiger partial charge is 0.0977 e. The van der Waals surface area contributed by atoms with Gasteiger partial charge in [0.15, 0.2) is 0 Å². The van der Waals surface area contributed by atoms with Crippen LogP contribution in [-0.4, -0.2) is 4.98 Å². The van der Waals surface area contributed by atoms with Crippen LogP contribution in [0.2, 0.25) is 0 Å². The van der Waals surface area contributed by atoms with Crippen LogP contribution in [0.25, 0.3) is 0 Å². The van der Waals surface area contributed by atoms with Gasteiger partial charge in [0, 0.05) is 34.3 Å². The quantitative estimate of drug-likeness (QED) is 0.844. The van der Waals surface area contributed by atoms with Crippen LogP contribution in [0.5, 0.6) is 0 Å². The lowest BCUT2D eigenvalue weighted by Gasteiger charge is -1.90. The molecule has 0 radical (unpaired) electrons. The summed E-state index contributed by atoms with van der Waals surface area (Å²) in [6.07, 6.45) is 2.79. The van der Waals surface area contributed by atoms with Gasteiger partial charge < -0.3 is 5.73 Å². The minimum absolute atomic E-state index is 0.641. The molecule has 0 spiro atoms. The van der Waals surface area contributed by atoms with Gasteiger partial charge in [0.2, 0.25) is 0 Å². The number of hydrogen-bond acceptors (Lipinski definition) is 4. The molecule has 4 heteroatoms. The third kappa shape index (κ3) is 2.15. The zero-order valence-corrected chi connectivity index (χ0v) is 8.70. The van der Waals surface area contributed by atoms with E-state index in [2.05, 4.69) is 17.1 Å². The van der Waals surface area contributed by atoms with E-state index >= 15 is 0 Å². The lowest BCUT2D eigenvalue weighted by molar-refractivity contribution is 1.11. The summed E-state index contributed by atoms with van der Waals surface area (Å²) in [5.41, 5.74) is 5.53. The fourth-order valence-corrected chi connectivity index (χ4v) is 2.75. The molecule has 0 saturated heterocycles. The summed E-state index contributed by atoms with van der Waals surface area (Å²) < 4.78 is 0. The molecule has 0 aliphatic heterocycles. The first kappa shape index (κ1) is 8.87. The van der Waals surface area contributed by atoms with E-state index in [0.29, 0.717) is 6.54 Å². The van der Waals surface area contributed by atoms with Crippen LogP contribution < -0.4 is 5.73 Å². The highest BCUT2D eigenvalue weighted by molar-refractivity contribution is 7.12. The summed E-state index contributed by atoms with van der Waals surface area (Å²) in [5.74, 6) is 0. The molecule has 2 rings (SSSR count). The Morgan fingerprint density at radius 2 is 2.15 bits per heavy atom. The lowest BCUT2D eigenvalue weighted by Crippen LogP contribution is -1.91. The first-order valence-electron chi connectivity index (χ1n) is 4.04. The van der Waals surface area contributed by atoms with Gasteiger partial charge in [0.05, 0.1) is 5.01 Å². The fourth-order valence-electron chi connectivity index (χ4n) is 1.12. The van der Waals surface area contributed by atoms with Gasteiger partial charge in [-0.15, -0.1) is 22.7 Å². The second-order valence-corrected chi connectivity index (χ2v) is 4.91. The van der Waals surface area contributed by atoms with Crippen LogP contribution in [0.4, 0.5) is 0 Å². The Morgan fingerprint density at radius 3 is 2.77 bits per heavy atom. The van der Waals surface area contributed by atoms with E-state index in [1.165, 1.54) is 14.8 Å². The van der Waals surface area contributed by atoms with Crippen LogP contribution in [0, 0.1) is 0 Å². The summed E-state index contributed by atoms with van der Waals surface area (Å²) in [5, 5.41) is 3.18. The van der Waals surface area contributed by atoms with Crippen molar-refractivity contribution in [2.45, 2.75) is 13.0 Å². The Balaban J connectivity index is 2.10. The van der Waals surface area contributed by atoms with Gasteiger partial charge in [-0.2, -0.15) is 0 Å². The second-order valence-electron chi connectivity index (χ2n) is 2.67. The van der Waals surface area contributed by atoms with Crippen molar-refractivity contribution in [3.8, 4) is 0 Å². The summed E-state index contributed by atoms with van der Waals surface area (Å²) >= 11 is 3.47. The highest BCUT2D eigenvalue weighted by Gasteiger charge is 2.01. The molecule has 2 aromatic heterocycles. The molecule has 0 fully saturated rings. The van der Waals surface area contributed by atoms with Crippen LogP contribution in [0.15, 0.2) is 23.7 Å². The van der Waals surface area contributed by atoms with Gasteiger partial charge in [0.1, 0.15) is 0 Å². The maximum atomic E-state index is 5.53. The molecule has 2 N–H and O–H groups in total. The van der Waals surface area contributed by atoms with E-state index in [0.717, 1.165) is 6.42 Å². The van der Waals surface area contributed by atoms with Crippen LogP contribution >= 0.6 is 22.7 Å². The molecule has 0 unspecified atom stereocenters. The molecule has 0 amide bonds. The van der Waals surface area contributed by atoms with Gasteiger partial charge >= 0.3 is 0 Å². The van der Waals surface area contributed by atoms with E-state index in [1.54, 1.807) is 22.7 Å². The summed E-state index contributed by atoms with van der Waals surface area (Å²) in [7, 11) is 0. The molecule has 0 aromatic carbocycles. The van der Waals surface area contributed by atoms with Crippen molar-refractivity contribution in [3.63, 3.8) is 0 Å². The van der Waals surface area contributed by atoms with Crippen molar-refractivity contribution in [3.05, 3.63) is 38.5 Å². The number of aromatic nitrogens is 1. The molecule has 68 valence electrons. The average Bonchev–Trinajstić information content (AvgIpc) is 2.76. The Labute approximate surface area is 85.1 Å². The van der Waals surface area contributed by atoms with Gasteiger partial charge in [-0.1, -0.05) is 0 Å². The SMILES string of the molecule is NCc1ccc(Cc2nccs2)s1. The summed E-state index contributed by atoms with van der Waals surface area (Å²) in [4.78, 5) is 6.83. The van der Waals surface area contributed by atoms with Crippen molar-refractivity contribution in [2.75, 3.05) is 0 Å². The van der Waals surface area contributed by atoms with Crippen molar-refractivity contribution in [1.82, 2.24) is 4.98 Å². The van der Waals surface area contributed by atoms with Gasteiger partial charge in [0.25, 0.3) is 0 Å². The van der Waals surface area contributed by atoms with Crippen molar-refractivity contribution in [2.24, 2.45) is 5.73 Å². The van der Waals surface area contributed by atoms with E-state index < -0.39 is 0 Å². The zero-order chi connectivity index (χ0) is 9.10. The predicted molar refractivity (Wildman–Crippen MR) is 57.1 cm³/mol. The fraction of sp³-hybridized carbons (Fsp3) is 0.222. The van der Waals surface area contributed by atoms with Crippen LogP contribution in [0.1, 0.15) is 14.8 Å². The number of hydrogen-bond donors (Lipinski definition) is 1. The first-order valence-corrected chi connectivity index (χ1v) is 5.74. The summed E-state index contributed by atoms with van der Waals surface area (Å²) in [6, 6.07) is 4.22. The Hall–Kier alpha value is -0.710. The molecule has 13 heavy (non-hydrogen) atoms. The first-order chi connectivity index (χ1) is 6.38. The molecular weight excluding hydrogens is 200 g/mol. The minimum Gasteiger partial charge on any atom is -0.326 e. The zero-order valence-electron chi connectivity index (χ0n) is 7.06. The number of rotatable bonds is 3. The Bertz CT molecular complexity index is 365. The molecule has 2 heterocycles. The lowest BCUT2D eigenvalue weighted by atomic mass is 10.3. The third-order valence-electron chi connectivity index (χ3n) is 1.73. The van der Waals surface area contributed by atoms with Gasteiger partial charge in [-0.25, -0.2) is 4.98 Å². The van der Waals surface area contributed by atoms with Crippen LogP contribution in [-0.2, 0) is 13.0 Å². The van der Waals surface area contributed by atoms with E-state index in [9.17, 15) is 0 Å². The van der Waals surface area contributed by atoms with Crippen molar-refractivity contribution in [1.29, 1.82) is 0 Å². The Morgan fingerprint density at radius 1 is 1.31 bits per heavy atom. The molecule has 2 nitrogen and oxygen atoms in total. The van der Waals surface area contributed by atoms with E-state index in [1.807, 2.05) is 11.6 Å². The number of nitrogens with zero attached hydrogens (tertiary/aromatic N) is 1. The topological polar surface area (TPSA) is 38.9 Å². The number of thiazole rings is 1. The van der Waals surface area contributed by atoms with Crippen molar-refractivity contribution >= 4 is 22.7 Å². The molecule has 0 aliphatic carbocycles. The highest BCUT2D eigenvalue weighted by atomic mass is 32.1. The molecule has 0 aliphatic rings. The van der Waals surface area contributed by atoms with Gasteiger partial charge in [-0.05, 0) is 12.1 Å². The maximum absolute atomic E-state index is 5.53. The standard InChI is InChI=1S/C9H10N2S2/c10-6-8-2-1-7(13-8)5-9-11-3-4-12-9/h1-4H,5-6,10H2. The monoisotopic (exact) mass is 210 g/mol. The molecular formula is C9H10N2S2. The third-order valence-corrected chi connectivity index (χ3v) is 3.61. The highest BCUT2D eigenvalue weighted by Crippen LogP contribution is 2.20. The minimum atomic E-state index is 0.641. The van der Waals surface area contributed by atoms with E-state index in [4.69, 9.17) is 5.73 Å². The molecule has 0 saturated carbocycles. The van der Waals surface area contributed by atoms with Gasteiger partial charge in [-0.3, -0.25) is 0 Å². The molecule has 2 aromatic rings. The Kier molecular flexibility index (Phi) is 2.73. The molecule has 0 bridgehead atoms. The molecule has 0 atom stereocenters. The van der Waals surface area contributed by atoms with Crippen molar-refractivity contribution < 1.29 is 0 Å². The second kappa shape index (κ2) is 4.00. The largest absolute Gasteiger partial charge is 0.326 e.